The van der Waals surface area contributed by atoms with E-state index >= 15 is 0 Å². The highest BCUT2D eigenvalue weighted by atomic mass is 19.4. The van der Waals surface area contributed by atoms with Gasteiger partial charge < -0.3 is 4.90 Å². The van der Waals surface area contributed by atoms with Gasteiger partial charge in [0.1, 0.15) is 6.54 Å². The molecule has 1 aromatic heterocycles. The summed E-state index contributed by atoms with van der Waals surface area (Å²) < 4.78 is 39.3. The summed E-state index contributed by atoms with van der Waals surface area (Å²) in [6.07, 6.45) is -1.85. The lowest BCUT2D eigenvalue weighted by atomic mass is 10.1. The van der Waals surface area contributed by atoms with Crippen molar-refractivity contribution < 1.29 is 22.8 Å². The van der Waals surface area contributed by atoms with E-state index in [0.717, 1.165) is 17.0 Å². The summed E-state index contributed by atoms with van der Waals surface area (Å²) >= 11 is 0. The molecule has 1 N–H and O–H groups in total. The van der Waals surface area contributed by atoms with Gasteiger partial charge in [-0.1, -0.05) is 12.1 Å². The first kappa shape index (κ1) is 22.7. The number of benzene rings is 1. The molecule has 0 aliphatic carbocycles. The number of urea groups is 1. The van der Waals surface area contributed by atoms with Crippen LogP contribution in [0.2, 0.25) is 0 Å². The first-order valence-corrected chi connectivity index (χ1v) is 9.34. The number of carbonyl (C=O) groups excluding carboxylic acids is 2. The molecule has 0 spiro atoms. The summed E-state index contributed by atoms with van der Waals surface area (Å²) in [5.41, 5.74) is -0.0564. The predicted octanol–water partition coefficient (Wildman–Crippen LogP) is 3.85. The Morgan fingerprint density at radius 2 is 2.03 bits per heavy atom. The number of nitrogens with zero attached hydrogens (tertiary/aromatic N) is 5. The Bertz CT molecular complexity index is 1130. The quantitative estimate of drug-likeness (QED) is 0.727. The predicted molar refractivity (Wildman–Crippen MR) is 116 cm³/mol. The fraction of sp³-hybridized carbons (Fsp3) is 0.190. The maximum absolute atomic E-state index is 13.1. The van der Waals surface area contributed by atoms with E-state index in [1.165, 1.54) is 48.6 Å². The van der Waals surface area contributed by atoms with E-state index in [1.54, 1.807) is 6.92 Å². The van der Waals surface area contributed by atoms with E-state index in [4.69, 9.17) is 0 Å². The number of aliphatic imine (C=N–C) groups is 2. The number of pyridine rings is 1. The number of alkyl halides is 3. The Balaban J connectivity index is 2.04. The molecule has 3 amide bonds. The van der Waals surface area contributed by atoms with E-state index < -0.39 is 17.8 Å². The van der Waals surface area contributed by atoms with E-state index in [-0.39, 0.29) is 35.3 Å². The van der Waals surface area contributed by atoms with Crippen molar-refractivity contribution in [1.82, 2.24) is 10.3 Å². The monoisotopic (exact) mass is 444 g/mol. The Hall–Kier alpha value is -4.02. The van der Waals surface area contributed by atoms with Gasteiger partial charge in [-0.25, -0.2) is 14.8 Å². The number of hydrogen-bond donors (Lipinski definition) is 1. The third-order valence-corrected chi connectivity index (χ3v) is 4.59. The number of hydrogen-bond acceptors (Lipinski definition) is 5. The van der Waals surface area contributed by atoms with Gasteiger partial charge in [0, 0.05) is 18.8 Å². The summed E-state index contributed by atoms with van der Waals surface area (Å²) in [6.45, 7) is 4.63. The molecule has 0 saturated carbocycles. The van der Waals surface area contributed by atoms with E-state index in [1.807, 2.05) is 0 Å². The SMILES string of the molecule is C=N/C=C(\N=C/C)NC(=O)N1CC(=O)N(C)c2ccc(-c3cccc(C(F)(F)F)c3)nc21. The average molecular weight is 444 g/mol. The minimum atomic E-state index is -4.51. The summed E-state index contributed by atoms with van der Waals surface area (Å²) in [4.78, 5) is 39.6. The third kappa shape index (κ3) is 4.66. The number of likely N-dealkylation sites (N-methyl/N-ethyl adjacent to an activating group) is 1. The molecule has 2 heterocycles. The van der Waals surface area contributed by atoms with Crippen LogP contribution in [0.4, 0.5) is 29.5 Å². The summed E-state index contributed by atoms with van der Waals surface area (Å²) in [5.74, 6) is -0.159. The van der Waals surface area contributed by atoms with Crippen molar-refractivity contribution in [1.29, 1.82) is 0 Å². The van der Waals surface area contributed by atoms with Crippen LogP contribution >= 0.6 is 0 Å². The number of anilines is 2. The van der Waals surface area contributed by atoms with Gasteiger partial charge in [0.05, 0.1) is 23.1 Å². The zero-order valence-corrected chi connectivity index (χ0v) is 17.2. The van der Waals surface area contributed by atoms with Gasteiger partial charge in [-0.3, -0.25) is 20.0 Å². The smallest absolute Gasteiger partial charge is 0.311 e. The average Bonchev–Trinajstić information content (AvgIpc) is 2.75. The number of rotatable bonds is 4. The molecule has 0 bridgehead atoms. The van der Waals surface area contributed by atoms with Gasteiger partial charge in [0.25, 0.3) is 0 Å². The summed E-state index contributed by atoms with van der Waals surface area (Å²) in [5, 5.41) is 2.51. The molecule has 11 heteroatoms. The highest BCUT2D eigenvalue weighted by Gasteiger charge is 2.33. The molecule has 0 fully saturated rings. The molecule has 0 saturated heterocycles. The van der Waals surface area contributed by atoms with Crippen molar-refractivity contribution in [2.45, 2.75) is 13.1 Å². The van der Waals surface area contributed by atoms with Crippen LogP contribution in [0, 0.1) is 0 Å². The second-order valence-electron chi connectivity index (χ2n) is 6.67. The van der Waals surface area contributed by atoms with Gasteiger partial charge in [0.15, 0.2) is 11.6 Å². The summed E-state index contributed by atoms with van der Waals surface area (Å²) in [7, 11) is 1.52. The molecule has 3 rings (SSSR count). The standard InChI is InChI=1S/C21H19F3N6O2/c1-4-26-17(11-25-2)28-20(32)30-12-18(31)29(3)16-9-8-15(27-19(16)30)13-6-5-7-14(10-13)21(22,23)24/h4-11H,2,12H2,1,3H3,(H,28,32)/b17-11+,26-4-. The molecular formula is C21H19F3N6O2. The Labute approximate surface area is 181 Å². The number of nitrogens with one attached hydrogen (secondary N) is 1. The minimum Gasteiger partial charge on any atom is -0.311 e. The van der Waals surface area contributed by atoms with E-state index in [9.17, 15) is 22.8 Å². The first-order valence-electron chi connectivity index (χ1n) is 9.34. The normalized spacial score (nSPS) is 14.5. The molecule has 166 valence electrons. The van der Waals surface area contributed by atoms with E-state index in [0.29, 0.717) is 5.69 Å². The van der Waals surface area contributed by atoms with Gasteiger partial charge in [-0.15, -0.1) is 0 Å². The second kappa shape index (κ2) is 9.00. The van der Waals surface area contributed by atoms with Crippen LogP contribution in [0.25, 0.3) is 11.3 Å². The molecule has 0 atom stereocenters. The van der Waals surface area contributed by atoms with Crippen molar-refractivity contribution in [2.24, 2.45) is 9.98 Å². The molecular weight excluding hydrogens is 425 g/mol. The Kier molecular flexibility index (Phi) is 6.37. The van der Waals surface area contributed by atoms with Crippen molar-refractivity contribution in [3.63, 3.8) is 0 Å². The molecule has 2 aromatic rings. The van der Waals surface area contributed by atoms with Crippen molar-refractivity contribution in [2.75, 3.05) is 23.4 Å². The van der Waals surface area contributed by atoms with Crippen LogP contribution in [0.1, 0.15) is 12.5 Å². The summed E-state index contributed by atoms with van der Waals surface area (Å²) in [6, 6.07) is 7.02. The van der Waals surface area contributed by atoms with Crippen molar-refractivity contribution in [3.8, 4) is 11.3 Å². The van der Waals surface area contributed by atoms with Crippen molar-refractivity contribution in [3.05, 3.63) is 54.0 Å². The molecule has 0 radical (unpaired) electrons. The largest absolute Gasteiger partial charge is 0.416 e. The highest BCUT2D eigenvalue weighted by Crippen LogP contribution is 2.36. The van der Waals surface area contributed by atoms with Crippen LogP contribution in [-0.2, 0) is 11.0 Å². The Morgan fingerprint density at radius 3 is 2.69 bits per heavy atom. The van der Waals surface area contributed by atoms with Gasteiger partial charge in [-0.2, -0.15) is 13.2 Å². The maximum atomic E-state index is 13.1. The molecule has 0 unspecified atom stereocenters. The fourth-order valence-corrected chi connectivity index (χ4v) is 3.04. The van der Waals surface area contributed by atoms with Crippen LogP contribution in [-0.4, -0.2) is 43.4 Å². The fourth-order valence-electron chi connectivity index (χ4n) is 3.04. The van der Waals surface area contributed by atoms with Crippen LogP contribution < -0.4 is 15.1 Å². The second-order valence-corrected chi connectivity index (χ2v) is 6.67. The minimum absolute atomic E-state index is 0.0921. The molecule has 32 heavy (non-hydrogen) atoms. The zero-order valence-electron chi connectivity index (χ0n) is 17.2. The number of amides is 3. The molecule has 1 aliphatic rings. The zero-order chi connectivity index (χ0) is 23.5. The Morgan fingerprint density at radius 1 is 1.28 bits per heavy atom. The van der Waals surface area contributed by atoms with Crippen LogP contribution in [0.3, 0.4) is 0 Å². The molecule has 1 aromatic carbocycles. The number of carbonyl (C=O) groups is 2. The lowest BCUT2D eigenvalue weighted by Crippen LogP contribution is -2.50. The van der Waals surface area contributed by atoms with Gasteiger partial charge >= 0.3 is 12.2 Å². The molecule has 1 aliphatic heterocycles. The van der Waals surface area contributed by atoms with E-state index in [2.05, 4.69) is 27.0 Å². The van der Waals surface area contributed by atoms with Gasteiger partial charge in [0.2, 0.25) is 5.91 Å². The third-order valence-electron chi connectivity index (χ3n) is 4.59. The number of aromatic nitrogens is 1. The van der Waals surface area contributed by atoms with Gasteiger partial charge in [-0.05, 0) is 37.9 Å². The number of fused-ring (bicyclic) bond motifs is 1. The van der Waals surface area contributed by atoms with Crippen LogP contribution in [0.15, 0.2) is 58.4 Å². The topological polar surface area (TPSA) is 90.3 Å². The lowest BCUT2D eigenvalue weighted by molar-refractivity contribution is -0.137. The van der Waals surface area contributed by atoms with Crippen LogP contribution in [0.5, 0.6) is 0 Å². The number of halogens is 3. The molecule has 8 nitrogen and oxygen atoms in total. The van der Waals surface area contributed by atoms with Crippen molar-refractivity contribution >= 4 is 36.4 Å². The highest BCUT2D eigenvalue weighted by molar-refractivity contribution is 6.10. The maximum Gasteiger partial charge on any atom is 0.416 e. The first-order chi connectivity index (χ1) is 15.2. The lowest BCUT2D eigenvalue weighted by Gasteiger charge is -2.33.